The molecule has 2 amide bonds. The molecule has 0 bridgehead atoms. The predicted octanol–water partition coefficient (Wildman–Crippen LogP) is 9.90. The standard InChI is InChI=1S/C49H44Cl2F6N8O6S2/c1-46(2)36-24-28(50)14-18-38(36)62(40(46)20-16-34-42(48(52,53)54)60-64(44(34)66)30-10-8-12-32(26-30)72(58,68)69)22-6-5-7-23-63-39-19-15-29(51)25-37(39)47(3,4)41(63)21-17-35-43(49(55,56)57)61-65(45(35)67)31-11-9-13-33(27-31)73(59,70)71/h8-21,24-27H,5-7,22-23H2,1-4H3,(H2,58,68,69)(H2,59,70,71)/b34-16-,35-17-,40-20+,41-21+. The molecule has 384 valence electrons. The second kappa shape index (κ2) is 18.9. The van der Waals surface area contributed by atoms with Crippen LogP contribution < -0.4 is 30.1 Å². The number of hydrazone groups is 2. The van der Waals surface area contributed by atoms with Gasteiger partial charge in [-0.2, -0.15) is 46.6 Å². The number of sulfonamides is 2. The molecule has 0 saturated carbocycles. The van der Waals surface area contributed by atoms with Crippen molar-refractivity contribution in [3.05, 3.63) is 153 Å². The third-order valence-electron chi connectivity index (χ3n) is 12.9. The first-order valence-corrected chi connectivity index (χ1v) is 26.0. The second-order valence-corrected chi connectivity index (χ2v) is 22.4. The average Bonchev–Trinajstić information content (AvgIpc) is 3.94. The third-order valence-corrected chi connectivity index (χ3v) is 15.2. The number of hydrogen-bond donors (Lipinski definition) is 2. The predicted molar refractivity (Wildman–Crippen MR) is 267 cm³/mol. The summed E-state index contributed by atoms with van der Waals surface area (Å²) in [6.45, 7) is 8.14. The first-order chi connectivity index (χ1) is 33.9. The summed E-state index contributed by atoms with van der Waals surface area (Å²) in [6.07, 6.45) is -3.62. The molecule has 73 heavy (non-hydrogen) atoms. The average molecular weight is 1090 g/mol. The van der Waals surface area contributed by atoms with Gasteiger partial charge in [-0.15, -0.1) is 0 Å². The van der Waals surface area contributed by atoms with E-state index >= 15 is 0 Å². The van der Waals surface area contributed by atoms with Crippen LogP contribution in [0.4, 0.5) is 49.1 Å². The van der Waals surface area contributed by atoms with E-state index in [0.717, 1.165) is 58.9 Å². The lowest BCUT2D eigenvalue weighted by Crippen LogP contribution is -2.29. The number of fused-ring (bicyclic) bond motifs is 2. The second-order valence-electron chi connectivity index (χ2n) is 18.4. The van der Waals surface area contributed by atoms with Crippen molar-refractivity contribution in [2.45, 2.75) is 79.9 Å². The van der Waals surface area contributed by atoms with Crippen LogP contribution in [-0.2, 0) is 40.5 Å². The van der Waals surface area contributed by atoms with Gasteiger partial charge in [-0.05, 0) is 127 Å². The van der Waals surface area contributed by atoms with Crippen LogP contribution >= 0.6 is 23.2 Å². The summed E-state index contributed by atoms with van der Waals surface area (Å²) in [7, 11) is -8.56. The Kier molecular flexibility index (Phi) is 13.7. The van der Waals surface area contributed by atoms with Crippen LogP contribution in [0.25, 0.3) is 0 Å². The topological polar surface area (TPSA) is 192 Å². The summed E-state index contributed by atoms with van der Waals surface area (Å²) in [5.41, 5.74) is -2.68. The Morgan fingerprint density at radius 3 is 1.27 bits per heavy atom. The molecule has 4 aliphatic heterocycles. The highest BCUT2D eigenvalue weighted by Gasteiger charge is 2.49. The van der Waals surface area contributed by atoms with E-state index in [9.17, 15) is 52.8 Å². The summed E-state index contributed by atoms with van der Waals surface area (Å²) < 4.78 is 135. The Hall–Kier alpha value is -6.30. The van der Waals surface area contributed by atoms with Crippen molar-refractivity contribution in [3.63, 3.8) is 0 Å². The number of unbranched alkanes of at least 4 members (excludes halogenated alkanes) is 2. The highest BCUT2D eigenvalue weighted by Crippen LogP contribution is 2.51. The third kappa shape index (κ3) is 10.2. The molecule has 0 unspecified atom stereocenters. The number of rotatable bonds is 12. The van der Waals surface area contributed by atoms with E-state index in [4.69, 9.17) is 33.5 Å². The normalized spacial score (nSPS) is 20.0. The molecule has 0 aliphatic carbocycles. The van der Waals surface area contributed by atoms with Crippen LogP contribution in [0.2, 0.25) is 10.0 Å². The quantitative estimate of drug-likeness (QED) is 0.0795. The highest BCUT2D eigenvalue weighted by molar-refractivity contribution is 7.89. The molecule has 4 heterocycles. The fourth-order valence-corrected chi connectivity index (χ4v) is 10.8. The maximum absolute atomic E-state index is 14.5. The van der Waals surface area contributed by atoms with Gasteiger partial charge in [0.15, 0.2) is 11.4 Å². The maximum atomic E-state index is 14.5. The van der Waals surface area contributed by atoms with Crippen LogP contribution in [0.15, 0.2) is 152 Å². The van der Waals surface area contributed by atoms with Gasteiger partial charge in [-0.3, -0.25) is 9.59 Å². The zero-order valence-corrected chi connectivity index (χ0v) is 42.2. The Balaban J connectivity index is 1.06. The Morgan fingerprint density at radius 1 is 0.562 bits per heavy atom. The largest absolute Gasteiger partial charge is 0.435 e. The molecule has 0 spiro atoms. The summed E-state index contributed by atoms with van der Waals surface area (Å²) in [5.74, 6) is -2.31. The zero-order valence-electron chi connectivity index (χ0n) is 39.1. The minimum absolute atomic E-state index is 0.252. The number of anilines is 4. The van der Waals surface area contributed by atoms with Crippen molar-refractivity contribution >= 4 is 89.2 Å². The summed E-state index contributed by atoms with van der Waals surface area (Å²) in [6, 6.07) is 19.5. The fourth-order valence-electron chi connectivity index (χ4n) is 9.30. The van der Waals surface area contributed by atoms with E-state index in [1.165, 1.54) is 36.4 Å². The first kappa shape index (κ1) is 53.0. The number of nitrogens with two attached hydrogens (primary N) is 2. The minimum atomic E-state index is -5.08. The van der Waals surface area contributed by atoms with Crippen LogP contribution in [0.5, 0.6) is 0 Å². The summed E-state index contributed by atoms with van der Waals surface area (Å²) in [4.78, 5) is 30.4. The SMILES string of the molecule is CC1(C)/C(=C\C=C2/C(=O)N(c3cccc(S(N)(=O)=O)c3)N=C2C(F)(F)F)N(CCCCCN2/C(=C/C=C3\C(=O)N(c4cccc(S(N)(=O)=O)c4)N=C3C(F)(F)F)C(C)(C)c3cc(Cl)ccc32)c2ccc(Cl)cc21. The Bertz CT molecular complexity index is 3200. The van der Waals surface area contributed by atoms with E-state index in [0.29, 0.717) is 63.8 Å². The lowest BCUT2D eigenvalue weighted by Gasteiger charge is -2.28. The van der Waals surface area contributed by atoms with Gasteiger partial charge in [-0.1, -0.05) is 63.0 Å². The van der Waals surface area contributed by atoms with Crippen LogP contribution in [-0.4, -0.2) is 65.5 Å². The smallest absolute Gasteiger partial charge is 0.344 e. The molecule has 4 aliphatic rings. The molecular weight excluding hydrogens is 1050 g/mol. The number of hydrogen-bond acceptors (Lipinski definition) is 10. The van der Waals surface area contributed by atoms with Gasteiger partial charge in [0.05, 0.1) is 32.3 Å². The van der Waals surface area contributed by atoms with Crippen molar-refractivity contribution in [3.8, 4) is 0 Å². The van der Waals surface area contributed by atoms with Crippen LogP contribution in [0, 0.1) is 0 Å². The number of amides is 2. The first-order valence-electron chi connectivity index (χ1n) is 22.2. The van der Waals surface area contributed by atoms with Gasteiger partial charge in [-0.25, -0.2) is 27.1 Å². The van der Waals surface area contributed by atoms with Gasteiger partial charge >= 0.3 is 12.4 Å². The van der Waals surface area contributed by atoms with E-state index in [-0.39, 0.29) is 11.4 Å². The summed E-state index contributed by atoms with van der Waals surface area (Å²) >= 11 is 12.9. The molecule has 0 saturated heterocycles. The number of allylic oxidation sites excluding steroid dienone is 6. The van der Waals surface area contributed by atoms with Gasteiger partial charge in [0.1, 0.15) is 0 Å². The van der Waals surface area contributed by atoms with Crippen LogP contribution in [0.1, 0.15) is 58.1 Å². The van der Waals surface area contributed by atoms with Gasteiger partial charge < -0.3 is 9.80 Å². The molecule has 0 atom stereocenters. The van der Waals surface area contributed by atoms with Crippen LogP contribution in [0.3, 0.4) is 0 Å². The summed E-state index contributed by atoms with van der Waals surface area (Å²) in [5, 5.41) is 19.4. The lowest BCUT2D eigenvalue weighted by atomic mass is 9.83. The van der Waals surface area contributed by atoms with Gasteiger partial charge in [0.2, 0.25) is 20.0 Å². The Morgan fingerprint density at radius 2 is 0.932 bits per heavy atom. The molecule has 4 N–H and O–H groups in total. The zero-order chi connectivity index (χ0) is 53.4. The number of benzene rings is 4. The maximum Gasteiger partial charge on any atom is 0.435 e. The molecule has 0 aromatic heterocycles. The van der Waals surface area contributed by atoms with Crippen molar-refractivity contribution in [2.24, 2.45) is 20.5 Å². The van der Waals surface area contributed by atoms with Crippen molar-refractivity contribution in [2.75, 3.05) is 32.9 Å². The molecule has 4 aromatic rings. The molecule has 8 rings (SSSR count). The van der Waals surface area contributed by atoms with E-state index < -0.39 is 87.4 Å². The molecule has 0 radical (unpaired) electrons. The van der Waals surface area contributed by atoms with E-state index in [1.54, 1.807) is 36.4 Å². The Labute approximate surface area is 426 Å². The van der Waals surface area contributed by atoms with E-state index in [1.807, 2.05) is 37.5 Å². The van der Waals surface area contributed by atoms with Crippen molar-refractivity contribution in [1.82, 2.24) is 0 Å². The number of carbonyl (C=O) groups excluding carboxylic acids is 2. The number of carbonyl (C=O) groups is 2. The number of nitrogens with zero attached hydrogens (tertiary/aromatic N) is 6. The van der Waals surface area contributed by atoms with Crippen molar-refractivity contribution < 1.29 is 52.8 Å². The number of halogens is 8. The molecule has 4 aromatic carbocycles. The lowest BCUT2D eigenvalue weighted by molar-refractivity contribution is -0.115. The monoisotopic (exact) mass is 1090 g/mol. The minimum Gasteiger partial charge on any atom is -0.344 e. The molecule has 14 nitrogen and oxygen atoms in total. The molecule has 0 fully saturated rings. The van der Waals surface area contributed by atoms with E-state index in [2.05, 4.69) is 10.2 Å². The molecule has 24 heteroatoms. The highest BCUT2D eigenvalue weighted by atomic mass is 35.5. The van der Waals surface area contributed by atoms with Crippen molar-refractivity contribution in [1.29, 1.82) is 0 Å². The number of alkyl halides is 6. The van der Waals surface area contributed by atoms with Gasteiger partial charge in [0.25, 0.3) is 11.8 Å². The van der Waals surface area contributed by atoms with Gasteiger partial charge in [0, 0.05) is 56.7 Å². The fraction of sp³-hybridized carbons (Fsp3) is 0.265. The number of primary sulfonamides is 2. The molecular formula is C49H44Cl2F6N8O6S2.